The second-order valence-corrected chi connectivity index (χ2v) is 11.8. The van der Waals surface area contributed by atoms with Gasteiger partial charge in [0.15, 0.2) is 5.82 Å². The number of carboxylic acid groups (broad SMARTS) is 1. The monoisotopic (exact) mass is 679 g/mol. The lowest BCUT2D eigenvalue weighted by molar-refractivity contribution is -0.143. The quantitative estimate of drug-likeness (QED) is 0.206. The summed E-state index contributed by atoms with van der Waals surface area (Å²) in [5.41, 5.74) is -4.42. The summed E-state index contributed by atoms with van der Waals surface area (Å²) in [6.07, 6.45) is -9.91. The van der Waals surface area contributed by atoms with Gasteiger partial charge in [0.2, 0.25) is 0 Å². The molecule has 1 fully saturated rings. The molecule has 0 bridgehead atoms. The highest BCUT2D eigenvalue weighted by Crippen LogP contribution is 2.38. The lowest BCUT2D eigenvalue weighted by Crippen LogP contribution is -2.34. The van der Waals surface area contributed by atoms with Gasteiger partial charge in [-0.15, -0.1) is 0 Å². The summed E-state index contributed by atoms with van der Waals surface area (Å²) in [4.78, 5) is 18.4. The van der Waals surface area contributed by atoms with E-state index in [-0.39, 0.29) is 53.6 Å². The summed E-state index contributed by atoms with van der Waals surface area (Å²) in [5.74, 6) is -0.427. The second-order valence-electron chi connectivity index (χ2n) is 11.8. The smallest absolute Gasteiger partial charge is 0.417 e. The lowest BCUT2D eigenvalue weighted by atomic mass is 9.80. The number of hydrogen-bond acceptors (Lipinski definition) is 5. The van der Waals surface area contributed by atoms with E-state index in [1.807, 2.05) is 0 Å². The molecule has 0 unspecified atom stereocenters. The van der Waals surface area contributed by atoms with Crippen molar-refractivity contribution < 1.29 is 49.4 Å². The van der Waals surface area contributed by atoms with Crippen molar-refractivity contribution in [2.75, 3.05) is 22.9 Å². The molecule has 0 aliphatic heterocycles. The molecule has 47 heavy (non-hydrogen) atoms. The Hall–Kier alpha value is -3.98. The number of aliphatic carboxylic acids is 1. The first kappa shape index (κ1) is 35.9. The van der Waals surface area contributed by atoms with Crippen LogP contribution in [0.25, 0.3) is 0 Å². The van der Waals surface area contributed by atoms with Crippen LogP contribution in [0.4, 0.5) is 51.1 Å². The molecular weight excluding hydrogens is 645 g/mol. The van der Waals surface area contributed by atoms with Crippen molar-refractivity contribution in [1.82, 2.24) is 14.8 Å². The van der Waals surface area contributed by atoms with Gasteiger partial charge in [0.25, 0.3) is 0 Å². The number of carbonyl (C=O) groups is 1. The molecule has 3 aromatic rings. The zero-order valence-corrected chi connectivity index (χ0v) is 25.6. The van der Waals surface area contributed by atoms with Crippen LogP contribution in [-0.4, -0.2) is 38.9 Å². The van der Waals surface area contributed by atoms with Crippen LogP contribution in [0.3, 0.4) is 0 Å². The third-order valence-electron chi connectivity index (χ3n) is 8.27. The molecule has 2 aromatic heterocycles. The number of aryl methyl sites for hydroxylation is 1. The molecule has 1 aliphatic rings. The fraction of sp³-hybridized carbons (Fsp3) is 0.516. The molecule has 1 aromatic carbocycles. The van der Waals surface area contributed by atoms with Crippen LogP contribution in [0, 0.1) is 11.8 Å². The predicted octanol–water partition coefficient (Wildman–Crippen LogP) is 8.19. The molecule has 2 heterocycles. The van der Waals surface area contributed by atoms with Gasteiger partial charge in [-0.05, 0) is 74.3 Å². The molecule has 0 radical (unpaired) electrons. The first-order chi connectivity index (χ1) is 21.8. The number of anilines is 2. The Morgan fingerprint density at radius 3 is 1.91 bits per heavy atom. The van der Waals surface area contributed by atoms with E-state index in [0.29, 0.717) is 57.1 Å². The number of carboxylic acids is 1. The van der Waals surface area contributed by atoms with Crippen molar-refractivity contribution in [3.63, 3.8) is 0 Å². The minimum Gasteiger partial charge on any atom is -0.481 e. The lowest BCUT2D eigenvalue weighted by Gasteiger charge is -2.34. The summed E-state index contributed by atoms with van der Waals surface area (Å²) >= 11 is 0. The zero-order valence-electron chi connectivity index (χ0n) is 25.6. The highest BCUT2D eigenvalue weighted by molar-refractivity contribution is 5.67. The van der Waals surface area contributed by atoms with Crippen molar-refractivity contribution in [3.05, 3.63) is 70.5 Å². The largest absolute Gasteiger partial charge is 0.481 e. The van der Waals surface area contributed by atoms with Crippen molar-refractivity contribution in [2.45, 2.75) is 70.6 Å². The number of pyridine rings is 1. The van der Waals surface area contributed by atoms with Gasteiger partial charge < -0.3 is 14.9 Å². The van der Waals surface area contributed by atoms with Crippen LogP contribution >= 0.6 is 0 Å². The normalized spacial score (nSPS) is 17.5. The number of rotatable bonds is 11. The number of nitrogens with zero attached hydrogens (tertiary/aromatic N) is 5. The van der Waals surface area contributed by atoms with Gasteiger partial charge in [0, 0.05) is 63.7 Å². The molecule has 258 valence electrons. The molecule has 16 heteroatoms. The van der Waals surface area contributed by atoms with Crippen LogP contribution < -0.4 is 9.80 Å². The van der Waals surface area contributed by atoms with Gasteiger partial charge in [-0.25, -0.2) is 4.98 Å². The van der Waals surface area contributed by atoms with E-state index in [1.165, 1.54) is 28.9 Å². The zero-order chi connectivity index (χ0) is 34.7. The Kier molecular flexibility index (Phi) is 10.7. The molecular formula is C31H34F9N5O2. The van der Waals surface area contributed by atoms with Crippen LogP contribution in [0.1, 0.15) is 66.8 Å². The molecule has 1 aliphatic carbocycles. The van der Waals surface area contributed by atoms with E-state index in [9.17, 15) is 44.3 Å². The highest BCUT2D eigenvalue weighted by atomic mass is 19.4. The maximum atomic E-state index is 13.9. The van der Waals surface area contributed by atoms with E-state index >= 15 is 0 Å². The van der Waals surface area contributed by atoms with Gasteiger partial charge in [-0.1, -0.05) is 0 Å². The predicted molar refractivity (Wildman–Crippen MR) is 154 cm³/mol. The Morgan fingerprint density at radius 1 is 0.851 bits per heavy atom. The third-order valence-corrected chi connectivity index (χ3v) is 8.27. The third kappa shape index (κ3) is 9.53. The van der Waals surface area contributed by atoms with E-state index in [4.69, 9.17) is 5.11 Å². The fourth-order valence-corrected chi connectivity index (χ4v) is 5.93. The Balaban J connectivity index is 1.72. The average Bonchev–Trinajstić information content (AvgIpc) is 3.41. The van der Waals surface area contributed by atoms with Crippen molar-refractivity contribution in [2.24, 2.45) is 18.9 Å². The first-order valence-electron chi connectivity index (χ1n) is 14.9. The molecule has 0 saturated heterocycles. The summed E-state index contributed by atoms with van der Waals surface area (Å²) in [6, 6.07) is 3.51. The van der Waals surface area contributed by atoms with Crippen LogP contribution in [-0.2, 0) is 43.5 Å². The van der Waals surface area contributed by atoms with Crippen LogP contribution in [0.2, 0.25) is 0 Å². The molecule has 0 amide bonds. The minimum atomic E-state index is -5.08. The molecule has 1 saturated carbocycles. The van der Waals surface area contributed by atoms with Crippen molar-refractivity contribution in [3.8, 4) is 0 Å². The van der Waals surface area contributed by atoms with Crippen molar-refractivity contribution in [1.29, 1.82) is 0 Å². The van der Waals surface area contributed by atoms with Gasteiger partial charge in [-0.3, -0.25) is 9.48 Å². The fourth-order valence-electron chi connectivity index (χ4n) is 5.93. The highest BCUT2D eigenvalue weighted by Gasteiger charge is 2.37. The Morgan fingerprint density at radius 2 is 1.43 bits per heavy atom. The van der Waals surface area contributed by atoms with E-state index in [2.05, 4.69) is 10.1 Å². The van der Waals surface area contributed by atoms with Gasteiger partial charge >= 0.3 is 24.5 Å². The van der Waals surface area contributed by atoms with Crippen LogP contribution in [0.15, 0.2) is 42.7 Å². The Labute approximate surface area is 265 Å². The van der Waals surface area contributed by atoms with Crippen LogP contribution in [0.5, 0.6) is 0 Å². The van der Waals surface area contributed by atoms with Gasteiger partial charge in [0.05, 0.1) is 16.7 Å². The topological polar surface area (TPSA) is 74.5 Å². The second kappa shape index (κ2) is 14.0. The maximum Gasteiger partial charge on any atom is 0.417 e. The molecule has 0 spiro atoms. The summed E-state index contributed by atoms with van der Waals surface area (Å²) in [5, 5.41) is 13.3. The average molecular weight is 680 g/mol. The first-order valence-corrected chi connectivity index (χ1v) is 14.9. The van der Waals surface area contributed by atoms with E-state index in [0.717, 1.165) is 6.07 Å². The summed E-state index contributed by atoms with van der Waals surface area (Å²) in [7, 11) is 1.54. The SMILES string of the molecule is CCN(CC1CCC(CC(=O)O)CC1)c1ncc(C(F)(F)F)cc1CN(Cc1cc(C(F)(F)F)cc(C(F)(F)F)c1)c1ccn(C)n1. The molecule has 1 N–H and O–H groups in total. The summed E-state index contributed by atoms with van der Waals surface area (Å²) in [6.45, 7) is 1.62. The van der Waals surface area contributed by atoms with E-state index in [1.54, 1.807) is 11.8 Å². The number of benzene rings is 1. The standard InChI is InChI=1S/C31H34F9N5O2/c1-3-44(16-20-6-4-19(5-7-20)12-27(46)47)28-22(13-25(15-41-28)31(38,39)40)18-45(26-8-9-43(2)42-26)17-21-10-23(29(32,33)34)14-24(11-21)30(35,36)37/h8-11,13-15,19-20H,3-7,12,16-18H2,1-2H3,(H,46,47). The van der Waals surface area contributed by atoms with Gasteiger partial charge in [0.1, 0.15) is 5.82 Å². The van der Waals surface area contributed by atoms with Gasteiger partial charge in [-0.2, -0.15) is 44.6 Å². The number of aromatic nitrogens is 3. The minimum absolute atomic E-state index is 0.0116. The van der Waals surface area contributed by atoms with Crippen molar-refractivity contribution >= 4 is 17.6 Å². The van der Waals surface area contributed by atoms with E-state index < -0.39 is 47.7 Å². The maximum absolute atomic E-state index is 13.9. The molecule has 7 nitrogen and oxygen atoms in total. The Bertz CT molecular complexity index is 1490. The number of halogens is 9. The molecule has 4 rings (SSSR count). The molecule has 0 atom stereocenters. The number of alkyl halides is 9. The summed E-state index contributed by atoms with van der Waals surface area (Å²) < 4.78 is 125. The number of hydrogen-bond donors (Lipinski definition) is 1.